The lowest BCUT2D eigenvalue weighted by molar-refractivity contribution is 0.335. The number of nitrogens with zero attached hydrogens (tertiary/aromatic N) is 1. The van der Waals surface area contributed by atoms with Crippen LogP contribution >= 0.6 is 12.2 Å². The zero-order valence-electron chi connectivity index (χ0n) is 6.89. The summed E-state index contributed by atoms with van der Waals surface area (Å²) in [6, 6.07) is 0. The van der Waals surface area contributed by atoms with Crippen LogP contribution in [0.4, 0.5) is 0 Å². The van der Waals surface area contributed by atoms with Crippen molar-refractivity contribution < 1.29 is 0 Å². The molecule has 0 spiro atoms. The van der Waals surface area contributed by atoms with E-state index in [1.807, 2.05) is 7.05 Å². The molecule has 1 aliphatic heterocycles. The van der Waals surface area contributed by atoms with Crippen molar-refractivity contribution in [2.24, 2.45) is 0 Å². The normalized spacial score (nSPS) is 18.1. The average Bonchev–Trinajstić information content (AvgIpc) is 2.07. The largest absolute Gasteiger partial charge is 0.348 e. The summed E-state index contributed by atoms with van der Waals surface area (Å²) >= 11 is 5.13. The molecule has 0 radical (unpaired) electrons. The van der Waals surface area contributed by atoms with Crippen molar-refractivity contribution in [3.8, 4) is 0 Å². The van der Waals surface area contributed by atoms with E-state index < -0.39 is 0 Å². The molecule has 0 unspecified atom stereocenters. The van der Waals surface area contributed by atoms with Gasteiger partial charge in [-0.15, -0.1) is 0 Å². The lowest BCUT2D eigenvalue weighted by Gasteiger charge is -2.28. The Morgan fingerprint density at radius 2 is 1.91 bits per heavy atom. The number of hydrogen-bond donors (Lipinski definition) is 2. The molecule has 1 aliphatic rings. The Morgan fingerprint density at radius 3 is 2.45 bits per heavy atom. The van der Waals surface area contributed by atoms with E-state index >= 15 is 0 Å². The molecule has 3 nitrogen and oxygen atoms in total. The molecule has 0 saturated carbocycles. The summed E-state index contributed by atoms with van der Waals surface area (Å²) in [7, 11) is 1.83. The van der Waals surface area contributed by atoms with Gasteiger partial charge < -0.3 is 4.90 Å². The third-order valence-corrected chi connectivity index (χ3v) is 2.24. The van der Waals surface area contributed by atoms with Gasteiger partial charge in [0.2, 0.25) is 0 Å². The first-order valence-corrected chi connectivity index (χ1v) is 4.47. The number of likely N-dealkylation sites (tertiary alicyclic amines) is 1. The van der Waals surface area contributed by atoms with Crippen molar-refractivity contribution in [1.29, 1.82) is 0 Å². The van der Waals surface area contributed by atoms with Gasteiger partial charge in [0, 0.05) is 20.1 Å². The van der Waals surface area contributed by atoms with Gasteiger partial charge in [0.05, 0.1) is 0 Å². The van der Waals surface area contributed by atoms with Crippen LogP contribution in [0.25, 0.3) is 0 Å². The van der Waals surface area contributed by atoms with Crippen LogP contribution in [0.1, 0.15) is 19.3 Å². The molecule has 1 saturated heterocycles. The smallest absolute Gasteiger partial charge is 0.183 e. The maximum Gasteiger partial charge on any atom is 0.183 e. The van der Waals surface area contributed by atoms with Gasteiger partial charge in [-0.3, -0.25) is 5.43 Å². The van der Waals surface area contributed by atoms with E-state index in [0.717, 1.165) is 18.2 Å². The van der Waals surface area contributed by atoms with E-state index in [0.29, 0.717) is 0 Å². The van der Waals surface area contributed by atoms with Crippen molar-refractivity contribution in [2.45, 2.75) is 19.3 Å². The molecule has 0 atom stereocenters. The number of thiocarbonyl (C=S) groups is 1. The van der Waals surface area contributed by atoms with Crippen LogP contribution in [0, 0.1) is 0 Å². The van der Waals surface area contributed by atoms with E-state index in [1.165, 1.54) is 19.3 Å². The van der Waals surface area contributed by atoms with Gasteiger partial charge >= 0.3 is 0 Å². The van der Waals surface area contributed by atoms with Crippen LogP contribution in [0.15, 0.2) is 0 Å². The van der Waals surface area contributed by atoms with Crippen LogP contribution in [-0.2, 0) is 0 Å². The molecule has 1 fully saturated rings. The summed E-state index contributed by atoms with van der Waals surface area (Å²) in [6.07, 6.45) is 3.88. The van der Waals surface area contributed by atoms with E-state index in [1.54, 1.807) is 0 Å². The predicted octanol–water partition coefficient (Wildman–Crippen LogP) is 0.481. The molecule has 0 bridgehead atoms. The van der Waals surface area contributed by atoms with Gasteiger partial charge in [-0.2, -0.15) is 0 Å². The van der Waals surface area contributed by atoms with Crippen molar-refractivity contribution in [2.75, 3.05) is 20.1 Å². The van der Waals surface area contributed by atoms with E-state index in [2.05, 4.69) is 15.8 Å². The quantitative estimate of drug-likeness (QED) is 0.445. The highest BCUT2D eigenvalue weighted by Crippen LogP contribution is 2.07. The molecule has 64 valence electrons. The molecule has 0 aromatic carbocycles. The standard InChI is InChI=1S/C7H15N3S/c1-8-9-7(11)10-5-3-2-4-6-10/h8H,2-6H2,1H3,(H,9,11). The fourth-order valence-electron chi connectivity index (χ4n) is 1.28. The van der Waals surface area contributed by atoms with Crippen molar-refractivity contribution in [3.05, 3.63) is 0 Å². The van der Waals surface area contributed by atoms with Gasteiger partial charge in [0.15, 0.2) is 5.11 Å². The lowest BCUT2D eigenvalue weighted by atomic mass is 10.1. The van der Waals surface area contributed by atoms with Gasteiger partial charge in [0.25, 0.3) is 0 Å². The van der Waals surface area contributed by atoms with Gasteiger partial charge in [-0.05, 0) is 31.5 Å². The van der Waals surface area contributed by atoms with Gasteiger partial charge in [0.1, 0.15) is 0 Å². The summed E-state index contributed by atoms with van der Waals surface area (Å²) in [4.78, 5) is 2.20. The number of hydrazine groups is 1. The molecule has 0 aromatic heterocycles. The summed E-state index contributed by atoms with van der Waals surface area (Å²) in [5, 5.41) is 0.826. The van der Waals surface area contributed by atoms with Crippen LogP contribution < -0.4 is 10.9 Å². The predicted molar refractivity (Wildman–Crippen MR) is 50.2 cm³/mol. The molecule has 0 amide bonds. The Labute approximate surface area is 73.1 Å². The highest BCUT2D eigenvalue weighted by atomic mass is 32.1. The SMILES string of the molecule is CNNC(=S)N1CCCCC1. The fraction of sp³-hybridized carbons (Fsp3) is 0.857. The van der Waals surface area contributed by atoms with Crippen LogP contribution in [0.2, 0.25) is 0 Å². The molecule has 1 rings (SSSR count). The summed E-state index contributed by atoms with van der Waals surface area (Å²) in [5.41, 5.74) is 5.75. The highest BCUT2D eigenvalue weighted by Gasteiger charge is 2.11. The number of piperidine rings is 1. The number of hydrogen-bond acceptors (Lipinski definition) is 2. The highest BCUT2D eigenvalue weighted by molar-refractivity contribution is 7.80. The second-order valence-electron chi connectivity index (χ2n) is 2.73. The lowest BCUT2D eigenvalue weighted by Crippen LogP contribution is -2.46. The maximum absolute atomic E-state index is 5.13. The first kappa shape index (κ1) is 8.74. The summed E-state index contributed by atoms with van der Waals surface area (Å²) in [5.74, 6) is 0. The Morgan fingerprint density at radius 1 is 1.27 bits per heavy atom. The molecular formula is C7H15N3S. The third-order valence-electron chi connectivity index (χ3n) is 1.88. The topological polar surface area (TPSA) is 27.3 Å². The first-order chi connectivity index (χ1) is 5.34. The van der Waals surface area contributed by atoms with E-state index in [9.17, 15) is 0 Å². The maximum atomic E-state index is 5.13. The average molecular weight is 173 g/mol. The Balaban J connectivity index is 2.27. The van der Waals surface area contributed by atoms with Gasteiger partial charge in [-0.1, -0.05) is 0 Å². The minimum absolute atomic E-state index is 0.826. The second kappa shape index (κ2) is 4.51. The molecule has 1 heterocycles. The Kier molecular flexibility index (Phi) is 3.59. The zero-order valence-corrected chi connectivity index (χ0v) is 7.71. The number of nitrogens with one attached hydrogen (secondary N) is 2. The first-order valence-electron chi connectivity index (χ1n) is 4.06. The molecule has 11 heavy (non-hydrogen) atoms. The molecule has 0 aromatic rings. The molecule has 0 aliphatic carbocycles. The summed E-state index contributed by atoms with van der Waals surface area (Å²) in [6.45, 7) is 2.21. The number of rotatable bonds is 1. The van der Waals surface area contributed by atoms with Crippen LogP contribution in [-0.4, -0.2) is 30.1 Å². The monoisotopic (exact) mass is 173 g/mol. The minimum Gasteiger partial charge on any atom is -0.348 e. The van der Waals surface area contributed by atoms with Crippen molar-refractivity contribution >= 4 is 17.3 Å². The van der Waals surface area contributed by atoms with Crippen molar-refractivity contribution in [1.82, 2.24) is 15.8 Å². The molecule has 2 N–H and O–H groups in total. The van der Waals surface area contributed by atoms with Crippen LogP contribution in [0.5, 0.6) is 0 Å². The van der Waals surface area contributed by atoms with Crippen molar-refractivity contribution in [3.63, 3.8) is 0 Å². The Bertz CT molecular complexity index is 132. The second-order valence-corrected chi connectivity index (χ2v) is 3.11. The van der Waals surface area contributed by atoms with E-state index in [-0.39, 0.29) is 0 Å². The molecular weight excluding hydrogens is 158 g/mol. The minimum atomic E-state index is 0.826. The van der Waals surface area contributed by atoms with Crippen LogP contribution in [0.3, 0.4) is 0 Å². The third kappa shape index (κ3) is 2.63. The molecule has 4 heteroatoms. The zero-order chi connectivity index (χ0) is 8.10. The summed E-state index contributed by atoms with van der Waals surface area (Å²) < 4.78 is 0. The van der Waals surface area contributed by atoms with Gasteiger partial charge in [-0.25, -0.2) is 5.43 Å². The fourth-order valence-corrected chi connectivity index (χ4v) is 1.57. The Hall–Kier alpha value is -0.350. The van der Waals surface area contributed by atoms with E-state index in [4.69, 9.17) is 12.2 Å².